The van der Waals surface area contributed by atoms with Gasteiger partial charge in [-0.05, 0) is 110 Å². The van der Waals surface area contributed by atoms with Crippen molar-refractivity contribution in [2.75, 3.05) is 40.1 Å². The normalized spacial score (nSPS) is 18.0. The van der Waals surface area contributed by atoms with Crippen molar-refractivity contribution in [1.29, 1.82) is 0 Å². The van der Waals surface area contributed by atoms with Gasteiger partial charge in [-0.3, -0.25) is 19.2 Å². The molecule has 54 heavy (non-hydrogen) atoms. The minimum Gasteiger partial charge on any atom is -0.469 e. The zero-order chi connectivity index (χ0) is 43.2. The van der Waals surface area contributed by atoms with E-state index in [1.807, 2.05) is 83.1 Å². The molecule has 0 aromatic heterocycles. The first-order chi connectivity index (χ1) is 24.0. The molecule has 0 bridgehead atoms. The van der Waals surface area contributed by atoms with Crippen LogP contribution in [0.3, 0.4) is 0 Å². The van der Waals surface area contributed by atoms with Gasteiger partial charge >= 0.3 is 23.9 Å². The number of esters is 4. The van der Waals surface area contributed by atoms with Crippen molar-refractivity contribution in [3.8, 4) is 0 Å². The molecule has 0 aliphatic carbocycles. The summed E-state index contributed by atoms with van der Waals surface area (Å²) < 4.78 is 27.7. The molecule has 0 aromatic rings. The van der Waals surface area contributed by atoms with Crippen molar-refractivity contribution in [3.05, 3.63) is 0 Å². The van der Waals surface area contributed by atoms with Crippen LogP contribution in [0.5, 0.6) is 0 Å². The molecule has 0 aliphatic rings. The number of hydrogen-bond donors (Lipinski definition) is 1. The fourth-order valence-electron chi connectivity index (χ4n) is 8.12. The van der Waals surface area contributed by atoms with Gasteiger partial charge in [-0.1, -0.05) is 77.7 Å². The molecule has 0 fully saturated rings. The molecule has 318 valence electrons. The van der Waals surface area contributed by atoms with Crippen LogP contribution in [0.15, 0.2) is 0 Å². The minimum atomic E-state index is -1.24. The molecular weight excluding hydrogens is 780 g/mol. The van der Waals surface area contributed by atoms with E-state index >= 15 is 0 Å². The molecule has 0 aromatic carbocycles. The van der Waals surface area contributed by atoms with Crippen molar-refractivity contribution >= 4 is 51.4 Å². The maximum Gasteiger partial charge on any atom is 0.322 e. The Balaban J connectivity index is 7.57. The third-order valence-electron chi connectivity index (χ3n) is 13.8. The van der Waals surface area contributed by atoms with E-state index in [1.54, 1.807) is 34.6 Å². The number of aliphatic hydroxyl groups is 1. The molecule has 12 heteroatoms. The summed E-state index contributed by atoms with van der Waals surface area (Å²) in [5.41, 5.74) is -7.54. The van der Waals surface area contributed by atoms with Gasteiger partial charge in [0.1, 0.15) is 24.1 Å². The van der Waals surface area contributed by atoms with Crippen LogP contribution in [0, 0.1) is 37.9 Å². The standard InChI is InChI=1S/C42H76BrClO10/c1-20-39(15,37(11,12)40(16,27-34(5,6)54-21-2)31(48)53-25-24-52-29(46)35(7,8)43)28-41(17,32(49)51-23-22-45)36(9,10)33(3,4)26-42(18,30(47)50-19)38(13,14)44/h45H,20-28H2,1-19H3. The Bertz CT molecular complexity index is 1300. The molecule has 0 rings (SSSR count). The Morgan fingerprint density at radius 2 is 1.02 bits per heavy atom. The number of hydrogen-bond acceptors (Lipinski definition) is 10. The number of alkyl halides is 2. The van der Waals surface area contributed by atoms with Crippen LogP contribution in [0.4, 0.5) is 0 Å². The van der Waals surface area contributed by atoms with Gasteiger partial charge in [-0.25, -0.2) is 0 Å². The van der Waals surface area contributed by atoms with E-state index in [0.717, 1.165) is 0 Å². The third kappa shape index (κ3) is 11.1. The summed E-state index contributed by atoms with van der Waals surface area (Å²) in [6.45, 7) is 34.2. The number of rotatable bonds is 23. The summed E-state index contributed by atoms with van der Waals surface area (Å²) in [5, 5.41) is 9.72. The number of carbonyl (C=O) groups excluding carboxylic acids is 4. The van der Waals surface area contributed by atoms with Crippen molar-refractivity contribution < 1.29 is 48.0 Å². The predicted octanol–water partition coefficient (Wildman–Crippen LogP) is 9.47. The molecular formula is C42H76BrClO10. The molecule has 0 heterocycles. The van der Waals surface area contributed by atoms with Gasteiger partial charge in [-0.2, -0.15) is 0 Å². The Labute approximate surface area is 341 Å². The average Bonchev–Trinajstić information content (AvgIpc) is 3.02. The van der Waals surface area contributed by atoms with Crippen molar-refractivity contribution in [2.45, 2.75) is 165 Å². The lowest BCUT2D eigenvalue weighted by Gasteiger charge is -2.61. The van der Waals surface area contributed by atoms with Crippen LogP contribution in [0.25, 0.3) is 0 Å². The highest BCUT2D eigenvalue weighted by Crippen LogP contribution is 2.66. The first-order valence-corrected chi connectivity index (χ1v) is 20.4. The van der Waals surface area contributed by atoms with Crippen molar-refractivity contribution in [3.63, 3.8) is 0 Å². The summed E-state index contributed by atoms with van der Waals surface area (Å²) >= 11 is 10.2. The SMILES string of the molecule is CCOC(C)(C)CC(C)(C(=O)OCCOC(=O)C(C)(C)Br)C(C)(C)C(C)(CC)CC(C)(C(=O)OCCO)C(C)(C)C(C)(C)CC(C)(C(=O)OC)C(C)(C)Cl. The fourth-order valence-corrected chi connectivity index (χ4v) is 8.38. The highest BCUT2D eigenvalue weighted by Gasteiger charge is 2.65. The highest BCUT2D eigenvalue weighted by atomic mass is 79.9. The quantitative estimate of drug-likeness (QED) is 0.0459. The largest absolute Gasteiger partial charge is 0.469 e. The van der Waals surface area contributed by atoms with Gasteiger partial charge in [0.05, 0.1) is 40.4 Å². The van der Waals surface area contributed by atoms with Gasteiger partial charge in [0.25, 0.3) is 0 Å². The van der Waals surface area contributed by atoms with E-state index in [0.29, 0.717) is 13.0 Å². The van der Waals surface area contributed by atoms with E-state index in [1.165, 1.54) is 7.11 Å². The summed E-state index contributed by atoms with van der Waals surface area (Å²) in [4.78, 5) is 53.9. The Kier molecular flexibility index (Phi) is 18.0. The molecule has 0 aliphatic heterocycles. The number of aliphatic hydroxyl groups excluding tert-OH is 1. The zero-order valence-corrected chi connectivity index (χ0v) is 39.6. The summed E-state index contributed by atoms with van der Waals surface area (Å²) in [7, 11) is 1.35. The van der Waals surface area contributed by atoms with E-state index in [4.69, 9.17) is 35.3 Å². The Morgan fingerprint density at radius 1 is 0.593 bits per heavy atom. The zero-order valence-electron chi connectivity index (χ0n) is 37.2. The Morgan fingerprint density at radius 3 is 1.39 bits per heavy atom. The highest BCUT2D eigenvalue weighted by molar-refractivity contribution is 9.10. The molecule has 10 nitrogen and oxygen atoms in total. The van der Waals surface area contributed by atoms with E-state index in [2.05, 4.69) is 22.9 Å². The number of ether oxygens (including phenoxy) is 5. The Hall–Kier alpha value is -1.43. The molecule has 4 atom stereocenters. The molecule has 0 saturated carbocycles. The van der Waals surface area contributed by atoms with E-state index in [9.17, 15) is 24.3 Å². The smallest absolute Gasteiger partial charge is 0.322 e. The molecule has 0 saturated heterocycles. The van der Waals surface area contributed by atoms with Crippen LogP contribution < -0.4 is 0 Å². The van der Waals surface area contributed by atoms with Crippen LogP contribution in [0.2, 0.25) is 0 Å². The molecule has 0 amide bonds. The van der Waals surface area contributed by atoms with Gasteiger partial charge in [0, 0.05) is 6.61 Å². The van der Waals surface area contributed by atoms with Crippen LogP contribution >= 0.6 is 27.5 Å². The van der Waals surface area contributed by atoms with Gasteiger partial charge in [-0.15, -0.1) is 11.6 Å². The second-order valence-corrected chi connectivity index (χ2v) is 22.3. The summed E-state index contributed by atoms with van der Waals surface area (Å²) in [5.74, 6) is -1.90. The third-order valence-corrected chi connectivity index (χ3v) is 14.5. The summed E-state index contributed by atoms with van der Waals surface area (Å²) in [6.07, 6.45) is 1.38. The molecule has 0 spiro atoms. The van der Waals surface area contributed by atoms with E-state index in [-0.39, 0.29) is 45.7 Å². The fraction of sp³-hybridized carbons (Fsp3) is 0.905. The molecule has 0 radical (unpaired) electrons. The predicted molar refractivity (Wildman–Crippen MR) is 219 cm³/mol. The van der Waals surface area contributed by atoms with Crippen LogP contribution in [0.1, 0.15) is 150 Å². The number of carbonyl (C=O) groups is 4. The number of halogens is 2. The van der Waals surface area contributed by atoms with Crippen molar-refractivity contribution in [1.82, 2.24) is 0 Å². The van der Waals surface area contributed by atoms with Gasteiger partial charge in [0.15, 0.2) is 0 Å². The lowest BCUT2D eigenvalue weighted by molar-refractivity contribution is -0.196. The second kappa shape index (κ2) is 18.4. The number of methoxy groups -OCH3 is 1. The van der Waals surface area contributed by atoms with Gasteiger partial charge in [0.2, 0.25) is 0 Å². The van der Waals surface area contributed by atoms with Crippen LogP contribution in [-0.4, -0.2) is 83.9 Å². The molecule has 4 unspecified atom stereocenters. The minimum absolute atomic E-state index is 0.113. The first kappa shape index (κ1) is 52.6. The second-order valence-electron chi connectivity index (χ2n) is 19.3. The molecule has 1 N–H and O–H groups in total. The first-order valence-electron chi connectivity index (χ1n) is 19.2. The summed E-state index contributed by atoms with van der Waals surface area (Å²) in [6, 6.07) is 0. The van der Waals surface area contributed by atoms with Crippen molar-refractivity contribution in [2.24, 2.45) is 37.9 Å². The maximum absolute atomic E-state index is 14.6. The van der Waals surface area contributed by atoms with Crippen LogP contribution in [-0.2, 0) is 42.9 Å². The monoisotopic (exact) mass is 854 g/mol. The average molecular weight is 856 g/mol. The maximum atomic E-state index is 14.6. The van der Waals surface area contributed by atoms with Gasteiger partial charge < -0.3 is 28.8 Å². The topological polar surface area (TPSA) is 135 Å². The van der Waals surface area contributed by atoms with E-state index < -0.39 is 76.6 Å². The lowest BCUT2D eigenvalue weighted by Crippen LogP contribution is -2.60. The lowest BCUT2D eigenvalue weighted by atomic mass is 9.43.